The molecule has 1 aromatic heterocycles. The van der Waals surface area contributed by atoms with Gasteiger partial charge in [-0.2, -0.15) is 0 Å². The van der Waals surface area contributed by atoms with Gasteiger partial charge in [0.1, 0.15) is 5.01 Å². The number of hydrogen-bond donors (Lipinski definition) is 1. The van der Waals surface area contributed by atoms with E-state index in [-0.39, 0.29) is 0 Å². The number of aryl methyl sites for hydroxylation is 1. The monoisotopic (exact) mass is 384 g/mol. The first-order chi connectivity index (χ1) is 13.2. The molecule has 6 heteroatoms. The molecule has 0 amide bonds. The summed E-state index contributed by atoms with van der Waals surface area (Å²) in [6.45, 7) is 9.70. The van der Waals surface area contributed by atoms with E-state index < -0.39 is 0 Å². The molecule has 2 aromatic rings. The van der Waals surface area contributed by atoms with E-state index in [2.05, 4.69) is 48.3 Å². The van der Waals surface area contributed by atoms with Crippen molar-refractivity contribution < 1.29 is 4.74 Å². The Morgan fingerprint density at radius 3 is 2.93 bits per heavy atom. The number of thiazole rings is 1. The van der Waals surface area contributed by atoms with E-state index in [9.17, 15) is 0 Å². The van der Waals surface area contributed by atoms with Crippen LogP contribution in [0, 0.1) is 12.3 Å². The summed E-state index contributed by atoms with van der Waals surface area (Å²) in [5.41, 5.74) is 2.60. The van der Waals surface area contributed by atoms with Crippen LogP contribution in [-0.4, -0.2) is 48.7 Å². The van der Waals surface area contributed by atoms with Crippen molar-refractivity contribution in [1.29, 1.82) is 0 Å². The SMILES string of the molecule is CCNC(=NCc1sc(-c2ccccc2)nc1C)N1CCC2(CCOC2)C1. The quantitative estimate of drug-likeness (QED) is 0.645. The Morgan fingerprint density at radius 1 is 1.33 bits per heavy atom. The second kappa shape index (κ2) is 7.98. The lowest BCUT2D eigenvalue weighted by molar-refractivity contribution is 0.156. The van der Waals surface area contributed by atoms with Crippen LogP contribution in [-0.2, 0) is 11.3 Å². The number of aliphatic imine (C=N–C) groups is 1. The molecule has 0 radical (unpaired) electrons. The maximum absolute atomic E-state index is 5.67. The lowest BCUT2D eigenvalue weighted by atomic mass is 9.87. The average Bonchev–Trinajstić information content (AvgIpc) is 3.41. The molecule has 1 N–H and O–H groups in total. The summed E-state index contributed by atoms with van der Waals surface area (Å²) in [5, 5.41) is 4.55. The van der Waals surface area contributed by atoms with Crippen molar-refractivity contribution in [1.82, 2.24) is 15.2 Å². The van der Waals surface area contributed by atoms with Gasteiger partial charge in [0.2, 0.25) is 0 Å². The Bertz CT molecular complexity index is 796. The molecule has 1 unspecified atom stereocenters. The van der Waals surface area contributed by atoms with Gasteiger partial charge in [0, 0.05) is 42.1 Å². The van der Waals surface area contributed by atoms with E-state index in [1.165, 1.54) is 23.3 Å². The maximum atomic E-state index is 5.67. The number of ether oxygens (including phenoxy) is 1. The normalized spacial score (nSPS) is 22.7. The third-order valence-corrected chi connectivity index (χ3v) is 6.73. The van der Waals surface area contributed by atoms with Gasteiger partial charge in [-0.25, -0.2) is 9.98 Å². The zero-order chi connectivity index (χ0) is 18.7. The van der Waals surface area contributed by atoms with E-state index in [4.69, 9.17) is 14.7 Å². The standard InChI is InChI=1S/C21H28N4OS/c1-3-22-20(25-11-9-21(14-25)10-12-26-15-21)23-13-18-16(2)24-19(27-18)17-7-5-4-6-8-17/h4-8H,3,9-15H2,1-2H3,(H,22,23). The van der Waals surface area contributed by atoms with Crippen molar-refractivity contribution in [3.05, 3.63) is 40.9 Å². The van der Waals surface area contributed by atoms with Crippen LogP contribution in [0.1, 0.15) is 30.3 Å². The van der Waals surface area contributed by atoms with Crippen molar-refractivity contribution >= 4 is 17.3 Å². The van der Waals surface area contributed by atoms with Crippen molar-refractivity contribution in [2.24, 2.45) is 10.4 Å². The molecule has 0 saturated carbocycles. The molecule has 2 aliphatic rings. The van der Waals surface area contributed by atoms with E-state index >= 15 is 0 Å². The van der Waals surface area contributed by atoms with Crippen LogP contribution in [0.2, 0.25) is 0 Å². The molecule has 2 saturated heterocycles. The molecular weight excluding hydrogens is 356 g/mol. The number of guanidine groups is 1. The fourth-order valence-corrected chi connectivity index (χ4v) is 4.93. The van der Waals surface area contributed by atoms with Crippen molar-refractivity contribution in [3.63, 3.8) is 0 Å². The summed E-state index contributed by atoms with van der Waals surface area (Å²) in [7, 11) is 0. The first-order valence-electron chi connectivity index (χ1n) is 9.82. The number of aromatic nitrogens is 1. The summed E-state index contributed by atoms with van der Waals surface area (Å²) < 4.78 is 5.67. The molecular formula is C21H28N4OS. The minimum Gasteiger partial charge on any atom is -0.381 e. The second-order valence-corrected chi connectivity index (χ2v) is 8.62. The zero-order valence-corrected chi connectivity index (χ0v) is 17.0. The first kappa shape index (κ1) is 18.4. The Labute approximate surface area is 165 Å². The molecule has 1 spiro atoms. The molecule has 0 aliphatic carbocycles. The largest absolute Gasteiger partial charge is 0.381 e. The highest BCUT2D eigenvalue weighted by Crippen LogP contribution is 2.38. The molecule has 2 aliphatic heterocycles. The first-order valence-corrected chi connectivity index (χ1v) is 10.6. The zero-order valence-electron chi connectivity index (χ0n) is 16.2. The Kier molecular flexibility index (Phi) is 5.45. The van der Waals surface area contributed by atoms with Gasteiger partial charge in [-0.15, -0.1) is 11.3 Å². The average molecular weight is 385 g/mol. The molecule has 2 fully saturated rings. The molecule has 1 atom stereocenters. The highest BCUT2D eigenvalue weighted by Gasteiger charge is 2.42. The number of rotatable bonds is 4. The van der Waals surface area contributed by atoms with Gasteiger partial charge in [0.15, 0.2) is 5.96 Å². The van der Waals surface area contributed by atoms with Crippen LogP contribution >= 0.6 is 11.3 Å². The van der Waals surface area contributed by atoms with Gasteiger partial charge in [-0.05, 0) is 26.7 Å². The van der Waals surface area contributed by atoms with Gasteiger partial charge in [0.25, 0.3) is 0 Å². The van der Waals surface area contributed by atoms with Crippen molar-refractivity contribution in [3.8, 4) is 10.6 Å². The van der Waals surface area contributed by atoms with Crippen LogP contribution < -0.4 is 5.32 Å². The molecule has 27 heavy (non-hydrogen) atoms. The second-order valence-electron chi connectivity index (χ2n) is 7.54. The van der Waals surface area contributed by atoms with Gasteiger partial charge < -0.3 is 15.0 Å². The summed E-state index contributed by atoms with van der Waals surface area (Å²) in [6, 6.07) is 10.4. The van der Waals surface area contributed by atoms with Gasteiger partial charge in [-0.1, -0.05) is 30.3 Å². The summed E-state index contributed by atoms with van der Waals surface area (Å²) in [5.74, 6) is 1.02. The van der Waals surface area contributed by atoms with Crippen molar-refractivity contribution in [2.75, 3.05) is 32.8 Å². The third-order valence-electron chi connectivity index (χ3n) is 5.54. The van der Waals surface area contributed by atoms with E-state index in [0.29, 0.717) is 12.0 Å². The lowest BCUT2D eigenvalue weighted by Crippen LogP contribution is -2.41. The Balaban J connectivity index is 1.49. The van der Waals surface area contributed by atoms with Gasteiger partial charge in [0.05, 0.1) is 18.8 Å². The van der Waals surface area contributed by atoms with Crippen LogP contribution in [0.25, 0.3) is 10.6 Å². The van der Waals surface area contributed by atoms with E-state index in [0.717, 1.165) is 49.5 Å². The van der Waals surface area contributed by atoms with Crippen molar-refractivity contribution in [2.45, 2.75) is 33.2 Å². The predicted octanol–water partition coefficient (Wildman–Crippen LogP) is 3.70. The number of nitrogens with one attached hydrogen (secondary N) is 1. The lowest BCUT2D eigenvalue weighted by Gasteiger charge is -2.24. The van der Waals surface area contributed by atoms with Gasteiger partial charge >= 0.3 is 0 Å². The van der Waals surface area contributed by atoms with Crippen LogP contribution in [0.5, 0.6) is 0 Å². The number of likely N-dealkylation sites (tertiary alicyclic amines) is 1. The highest BCUT2D eigenvalue weighted by molar-refractivity contribution is 7.15. The summed E-state index contributed by atoms with van der Waals surface area (Å²) in [6.07, 6.45) is 2.38. The summed E-state index contributed by atoms with van der Waals surface area (Å²) >= 11 is 1.75. The maximum Gasteiger partial charge on any atom is 0.194 e. The molecule has 1 aromatic carbocycles. The van der Waals surface area contributed by atoms with Crippen LogP contribution in [0.4, 0.5) is 0 Å². The number of nitrogens with zero attached hydrogens (tertiary/aromatic N) is 3. The predicted molar refractivity (Wildman–Crippen MR) is 111 cm³/mol. The summed E-state index contributed by atoms with van der Waals surface area (Å²) in [4.78, 5) is 13.4. The third kappa shape index (κ3) is 4.01. The topological polar surface area (TPSA) is 49.8 Å². The van der Waals surface area contributed by atoms with Crippen LogP contribution in [0.15, 0.2) is 35.3 Å². The molecule has 5 nitrogen and oxygen atoms in total. The highest BCUT2D eigenvalue weighted by atomic mass is 32.1. The Morgan fingerprint density at radius 2 is 2.19 bits per heavy atom. The molecule has 144 valence electrons. The minimum atomic E-state index is 0.344. The smallest absolute Gasteiger partial charge is 0.194 e. The fourth-order valence-electron chi connectivity index (χ4n) is 3.94. The Hall–Kier alpha value is -1.92. The van der Waals surface area contributed by atoms with Crippen LogP contribution in [0.3, 0.4) is 0 Å². The fraction of sp³-hybridized carbons (Fsp3) is 0.524. The number of benzene rings is 1. The molecule has 4 rings (SSSR count). The van der Waals surface area contributed by atoms with E-state index in [1.54, 1.807) is 11.3 Å². The molecule has 3 heterocycles. The minimum absolute atomic E-state index is 0.344. The van der Waals surface area contributed by atoms with Gasteiger partial charge in [-0.3, -0.25) is 0 Å². The number of hydrogen-bond acceptors (Lipinski definition) is 4. The molecule has 0 bridgehead atoms. The van der Waals surface area contributed by atoms with E-state index in [1.807, 2.05) is 6.07 Å².